The summed E-state index contributed by atoms with van der Waals surface area (Å²) in [6.07, 6.45) is 0. The first kappa shape index (κ1) is 13.0. The van der Waals surface area contributed by atoms with E-state index in [2.05, 4.69) is 15.9 Å². The quantitative estimate of drug-likeness (QED) is 0.780. The number of hydrogen-bond acceptors (Lipinski definition) is 3. The summed E-state index contributed by atoms with van der Waals surface area (Å²) in [7, 11) is 1.58. The Balaban J connectivity index is 3.20. The smallest absolute Gasteiger partial charge is 0.165 e. The minimum absolute atomic E-state index is 0.0363. The molecule has 88 valence electrons. The number of halogens is 1. The number of ether oxygens (including phenoxy) is 2. The summed E-state index contributed by atoms with van der Waals surface area (Å²) in [5.41, 5.74) is 0.800. The van der Waals surface area contributed by atoms with E-state index in [0.717, 1.165) is 5.56 Å². The molecule has 0 aliphatic carbocycles. The number of carbonyl (C=O) groups excluding carboxylic acids is 1. The highest BCUT2D eigenvalue weighted by atomic mass is 79.9. The van der Waals surface area contributed by atoms with Crippen LogP contribution in [-0.4, -0.2) is 19.5 Å². The monoisotopic (exact) mass is 286 g/mol. The molecule has 0 saturated carbocycles. The number of benzene rings is 1. The largest absolute Gasteiger partial charge is 0.493 e. The van der Waals surface area contributed by atoms with Crippen molar-refractivity contribution in [1.29, 1.82) is 0 Å². The molecule has 0 spiro atoms. The van der Waals surface area contributed by atoms with E-state index in [1.807, 2.05) is 25.1 Å². The normalized spacial score (nSPS) is 12.0. The lowest BCUT2D eigenvalue weighted by atomic mass is 10.1. The number of carbonyl (C=O) groups is 1. The van der Waals surface area contributed by atoms with E-state index in [0.29, 0.717) is 18.1 Å². The van der Waals surface area contributed by atoms with Gasteiger partial charge in [-0.05, 0) is 19.9 Å². The molecule has 0 N–H and O–H groups in total. The molecule has 3 nitrogen and oxygen atoms in total. The molecule has 0 bridgehead atoms. The van der Waals surface area contributed by atoms with E-state index in [1.54, 1.807) is 7.11 Å². The van der Waals surface area contributed by atoms with Crippen LogP contribution in [0.4, 0.5) is 0 Å². The molecule has 1 unspecified atom stereocenters. The fourth-order valence-electron chi connectivity index (χ4n) is 1.41. The van der Waals surface area contributed by atoms with Crippen molar-refractivity contribution < 1.29 is 14.3 Å². The van der Waals surface area contributed by atoms with Crippen LogP contribution in [0.1, 0.15) is 24.2 Å². The van der Waals surface area contributed by atoms with Gasteiger partial charge in [0.05, 0.1) is 13.7 Å². The molecular weight excluding hydrogens is 272 g/mol. The fraction of sp³-hybridized carbons (Fsp3) is 0.417. The maximum atomic E-state index is 11.4. The summed E-state index contributed by atoms with van der Waals surface area (Å²) in [5, 5.41) is 0. The average molecular weight is 287 g/mol. The maximum absolute atomic E-state index is 11.4. The molecule has 1 aromatic carbocycles. The lowest BCUT2D eigenvalue weighted by Gasteiger charge is -2.16. The van der Waals surface area contributed by atoms with Crippen molar-refractivity contribution in [2.75, 3.05) is 13.7 Å². The highest BCUT2D eigenvalue weighted by Crippen LogP contribution is 2.38. The van der Waals surface area contributed by atoms with Crippen molar-refractivity contribution in [3.05, 3.63) is 23.8 Å². The van der Waals surface area contributed by atoms with E-state index in [4.69, 9.17) is 9.47 Å². The summed E-state index contributed by atoms with van der Waals surface area (Å²) in [6, 6.07) is 5.51. The van der Waals surface area contributed by atoms with Gasteiger partial charge in [-0.2, -0.15) is 0 Å². The molecular formula is C12H15BrO3. The second kappa shape index (κ2) is 5.89. The van der Waals surface area contributed by atoms with Crippen molar-refractivity contribution in [2.24, 2.45) is 0 Å². The van der Waals surface area contributed by atoms with Gasteiger partial charge in [-0.3, -0.25) is 4.79 Å². The standard InChI is InChI=1S/C12H15BrO3/c1-4-16-12-9(11(13)8(2)14)6-5-7-10(12)15-3/h5-7,11H,4H2,1-3H3. The lowest BCUT2D eigenvalue weighted by Crippen LogP contribution is -2.06. The summed E-state index contributed by atoms with van der Waals surface area (Å²) in [6.45, 7) is 3.97. The van der Waals surface area contributed by atoms with Gasteiger partial charge in [0.1, 0.15) is 10.6 Å². The molecule has 4 heteroatoms. The van der Waals surface area contributed by atoms with Crippen molar-refractivity contribution in [1.82, 2.24) is 0 Å². The Hall–Kier alpha value is -1.03. The van der Waals surface area contributed by atoms with Crippen molar-refractivity contribution in [3.63, 3.8) is 0 Å². The number of Topliss-reactive ketones (excluding diaryl/α,β-unsaturated/α-hetero) is 1. The van der Waals surface area contributed by atoms with Crippen LogP contribution in [0.15, 0.2) is 18.2 Å². The second-order valence-electron chi connectivity index (χ2n) is 3.28. The Morgan fingerprint density at radius 1 is 1.50 bits per heavy atom. The van der Waals surface area contributed by atoms with Crippen LogP contribution in [-0.2, 0) is 4.79 Å². The zero-order valence-corrected chi connectivity index (χ0v) is 11.2. The predicted octanol–water partition coefficient (Wildman–Crippen LogP) is 3.12. The summed E-state index contributed by atoms with van der Waals surface area (Å²) in [5.74, 6) is 1.31. The molecule has 1 atom stereocenters. The van der Waals surface area contributed by atoms with Crippen LogP contribution in [0.5, 0.6) is 11.5 Å². The third kappa shape index (κ3) is 2.76. The summed E-state index contributed by atoms with van der Waals surface area (Å²) in [4.78, 5) is 11.0. The first-order valence-electron chi connectivity index (χ1n) is 5.06. The highest BCUT2D eigenvalue weighted by molar-refractivity contribution is 9.09. The number of rotatable bonds is 5. The van der Waals surface area contributed by atoms with Crippen LogP contribution in [0, 0.1) is 0 Å². The van der Waals surface area contributed by atoms with Crippen molar-refractivity contribution in [2.45, 2.75) is 18.7 Å². The van der Waals surface area contributed by atoms with E-state index in [1.165, 1.54) is 6.92 Å². The number of para-hydroxylation sites is 1. The summed E-state index contributed by atoms with van der Waals surface area (Å²) >= 11 is 3.35. The van der Waals surface area contributed by atoms with Gasteiger partial charge in [0.25, 0.3) is 0 Å². The minimum Gasteiger partial charge on any atom is -0.493 e. The summed E-state index contributed by atoms with van der Waals surface area (Å²) < 4.78 is 10.7. The Morgan fingerprint density at radius 3 is 2.69 bits per heavy atom. The lowest BCUT2D eigenvalue weighted by molar-refractivity contribution is -0.116. The molecule has 0 amide bonds. The van der Waals surface area contributed by atoms with Gasteiger partial charge in [0.2, 0.25) is 0 Å². The number of methoxy groups -OCH3 is 1. The highest BCUT2D eigenvalue weighted by Gasteiger charge is 2.20. The molecule has 0 saturated heterocycles. The third-order valence-electron chi connectivity index (χ3n) is 2.15. The van der Waals surface area contributed by atoms with Crippen LogP contribution < -0.4 is 9.47 Å². The third-order valence-corrected chi connectivity index (χ3v) is 3.29. The molecule has 1 aromatic rings. The fourth-order valence-corrected chi connectivity index (χ4v) is 1.77. The Labute approximate surface area is 104 Å². The van der Waals surface area contributed by atoms with Gasteiger partial charge < -0.3 is 9.47 Å². The Kier molecular flexibility index (Phi) is 4.80. The number of alkyl halides is 1. The van der Waals surface area contributed by atoms with Gasteiger partial charge >= 0.3 is 0 Å². The SMILES string of the molecule is CCOc1c(OC)cccc1C(Br)C(C)=O. The van der Waals surface area contributed by atoms with E-state index < -0.39 is 0 Å². The molecule has 0 radical (unpaired) electrons. The second-order valence-corrected chi connectivity index (χ2v) is 4.20. The average Bonchev–Trinajstić information content (AvgIpc) is 2.28. The zero-order valence-electron chi connectivity index (χ0n) is 9.62. The van der Waals surface area contributed by atoms with Crippen LogP contribution in [0.25, 0.3) is 0 Å². The van der Waals surface area contributed by atoms with Gasteiger partial charge in [-0.15, -0.1) is 0 Å². The Morgan fingerprint density at radius 2 is 2.19 bits per heavy atom. The molecule has 0 fully saturated rings. The van der Waals surface area contributed by atoms with E-state index >= 15 is 0 Å². The maximum Gasteiger partial charge on any atom is 0.165 e. The van der Waals surface area contributed by atoms with Gasteiger partial charge in [-0.1, -0.05) is 28.1 Å². The molecule has 0 aromatic heterocycles. The van der Waals surface area contributed by atoms with Crippen LogP contribution in [0.2, 0.25) is 0 Å². The van der Waals surface area contributed by atoms with Crippen molar-refractivity contribution >= 4 is 21.7 Å². The zero-order chi connectivity index (χ0) is 12.1. The molecule has 0 aliphatic heterocycles. The Bertz CT molecular complexity index is 377. The minimum atomic E-state index is -0.357. The number of hydrogen-bond donors (Lipinski definition) is 0. The van der Waals surface area contributed by atoms with Crippen molar-refractivity contribution in [3.8, 4) is 11.5 Å². The van der Waals surface area contributed by atoms with Gasteiger partial charge in [-0.25, -0.2) is 0 Å². The topological polar surface area (TPSA) is 35.5 Å². The molecule has 0 heterocycles. The van der Waals surface area contributed by atoms with E-state index in [9.17, 15) is 4.79 Å². The van der Waals surface area contributed by atoms with E-state index in [-0.39, 0.29) is 10.6 Å². The predicted molar refractivity (Wildman–Crippen MR) is 66.5 cm³/mol. The first-order chi connectivity index (χ1) is 7.61. The number of ketones is 1. The van der Waals surface area contributed by atoms with Crippen LogP contribution >= 0.6 is 15.9 Å². The molecule has 16 heavy (non-hydrogen) atoms. The molecule has 1 rings (SSSR count). The van der Waals surface area contributed by atoms with Gasteiger partial charge in [0, 0.05) is 5.56 Å². The first-order valence-corrected chi connectivity index (χ1v) is 5.97. The van der Waals surface area contributed by atoms with Gasteiger partial charge in [0.15, 0.2) is 11.5 Å². The molecule has 0 aliphatic rings. The van der Waals surface area contributed by atoms with Crippen LogP contribution in [0.3, 0.4) is 0 Å².